The molecule has 0 saturated carbocycles. The van der Waals surface area contributed by atoms with Gasteiger partial charge in [0.05, 0.1) is 6.54 Å². The van der Waals surface area contributed by atoms with Gasteiger partial charge in [-0.15, -0.1) is 0 Å². The smallest absolute Gasteiger partial charge is 0.329 e. The predicted molar refractivity (Wildman–Crippen MR) is 89.0 cm³/mol. The van der Waals surface area contributed by atoms with E-state index in [2.05, 4.69) is 5.32 Å². The summed E-state index contributed by atoms with van der Waals surface area (Å²) in [4.78, 5) is 23.9. The van der Waals surface area contributed by atoms with Crippen LogP contribution in [0.1, 0.15) is 11.1 Å². The minimum absolute atomic E-state index is 0.129. The van der Waals surface area contributed by atoms with Crippen molar-refractivity contribution in [2.45, 2.75) is 19.1 Å². The van der Waals surface area contributed by atoms with Crippen molar-refractivity contribution in [2.24, 2.45) is 5.73 Å². The first-order chi connectivity index (χ1) is 11.6. The molecular formula is C18H20N2O4. The number of carbonyl (C=O) groups is 2. The van der Waals surface area contributed by atoms with Gasteiger partial charge in [-0.25, -0.2) is 4.79 Å². The second-order valence-corrected chi connectivity index (χ2v) is 5.29. The van der Waals surface area contributed by atoms with E-state index in [1.807, 2.05) is 30.3 Å². The van der Waals surface area contributed by atoms with E-state index >= 15 is 0 Å². The third kappa shape index (κ3) is 5.40. The van der Waals surface area contributed by atoms with Crippen molar-refractivity contribution in [1.29, 1.82) is 0 Å². The van der Waals surface area contributed by atoms with E-state index in [1.165, 1.54) is 12.1 Å². The van der Waals surface area contributed by atoms with Gasteiger partial charge < -0.3 is 20.9 Å². The summed E-state index contributed by atoms with van der Waals surface area (Å²) < 4.78 is 5.29. The number of hydrogen-bond acceptors (Lipinski definition) is 5. The Morgan fingerprint density at radius 2 is 1.71 bits per heavy atom. The Labute approximate surface area is 140 Å². The van der Waals surface area contributed by atoms with Crippen LogP contribution in [0, 0.1) is 0 Å². The van der Waals surface area contributed by atoms with Crippen LogP contribution in [-0.2, 0) is 27.4 Å². The van der Waals surface area contributed by atoms with Crippen LogP contribution in [0.5, 0.6) is 5.75 Å². The van der Waals surface area contributed by atoms with E-state index in [9.17, 15) is 14.7 Å². The summed E-state index contributed by atoms with van der Waals surface area (Å²) in [6, 6.07) is 14.8. The summed E-state index contributed by atoms with van der Waals surface area (Å²) in [5, 5.41) is 11.9. The zero-order valence-corrected chi connectivity index (χ0v) is 13.1. The topological polar surface area (TPSA) is 102 Å². The molecule has 1 atom stereocenters. The largest absolute Gasteiger partial charge is 0.508 e. The average Bonchev–Trinajstić information content (AvgIpc) is 2.61. The molecule has 4 N–H and O–H groups in total. The van der Waals surface area contributed by atoms with Gasteiger partial charge in [-0.2, -0.15) is 0 Å². The van der Waals surface area contributed by atoms with Crippen LogP contribution in [0.25, 0.3) is 0 Å². The first-order valence-electron chi connectivity index (χ1n) is 7.56. The minimum atomic E-state index is -0.839. The van der Waals surface area contributed by atoms with Crippen LogP contribution in [0.3, 0.4) is 0 Å². The van der Waals surface area contributed by atoms with Gasteiger partial charge in [0.15, 0.2) is 0 Å². The molecule has 2 rings (SSSR count). The van der Waals surface area contributed by atoms with Gasteiger partial charge in [-0.05, 0) is 23.3 Å². The summed E-state index contributed by atoms with van der Waals surface area (Å²) in [6.45, 7) is -0.0811. The molecule has 1 amide bonds. The van der Waals surface area contributed by atoms with E-state index in [1.54, 1.807) is 12.1 Å². The van der Waals surface area contributed by atoms with Crippen molar-refractivity contribution >= 4 is 11.9 Å². The molecule has 24 heavy (non-hydrogen) atoms. The number of phenolic OH excluding ortho intramolecular Hbond substituents is 1. The molecule has 2 aromatic carbocycles. The number of benzene rings is 2. The second-order valence-electron chi connectivity index (χ2n) is 5.29. The summed E-state index contributed by atoms with van der Waals surface area (Å²) in [5.74, 6) is -0.836. The fourth-order valence-electron chi connectivity index (χ4n) is 2.14. The Morgan fingerprint density at radius 3 is 2.33 bits per heavy atom. The third-order valence-electron chi connectivity index (χ3n) is 3.41. The van der Waals surface area contributed by atoms with Gasteiger partial charge in [0.1, 0.15) is 18.4 Å². The lowest BCUT2D eigenvalue weighted by molar-refractivity contribution is -0.149. The van der Waals surface area contributed by atoms with Gasteiger partial charge in [0.2, 0.25) is 5.91 Å². The molecule has 6 nitrogen and oxygen atoms in total. The van der Waals surface area contributed by atoms with Crippen molar-refractivity contribution in [2.75, 3.05) is 6.54 Å². The summed E-state index contributed by atoms with van der Waals surface area (Å²) in [5.41, 5.74) is 6.95. The van der Waals surface area contributed by atoms with E-state index in [0.29, 0.717) is 0 Å². The molecule has 6 heteroatoms. The van der Waals surface area contributed by atoms with Crippen LogP contribution >= 0.6 is 0 Å². The quantitative estimate of drug-likeness (QED) is 0.661. The molecule has 0 saturated heterocycles. The maximum Gasteiger partial charge on any atom is 0.329 e. The number of aromatic hydroxyl groups is 1. The first-order valence-corrected chi connectivity index (χ1v) is 7.56. The number of carbonyl (C=O) groups excluding carboxylic acids is 2. The summed E-state index contributed by atoms with van der Waals surface area (Å²) in [6.07, 6.45) is 0.250. The van der Waals surface area contributed by atoms with Gasteiger partial charge >= 0.3 is 5.97 Å². The number of hydrogen-bond donors (Lipinski definition) is 3. The number of phenols is 1. The highest BCUT2D eigenvalue weighted by atomic mass is 16.5. The normalized spacial score (nSPS) is 11.5. The summed E-state index contributed by atoms with van der Waals surface area (Å²) in [7, 11) is 0. The molecule has 0 aliphatic carbocycles. The number of nitrogens with two attached hydrogens (primary N) is 1. The lowest BCUT2D eigenvalue weighted by Crippen LogP contribution is -2.45. The van der Waals surface area contributed by atoms with Crippen LogP contribution in [0.4, 0.5) is 0 Å². The number of nitrogens with one attached hydrogen (secondary N) is 1. The maximum atomic E-state index is 12.3. The maximum absolute atomic E-state index is 12.3. The van der Waals surface area contributed by atoms with Crippen LogP contribution in [0.15, 0.2) is 54.6 Å². The highest BCUT2D eigenvalue weighted by Crippen LogP contribution is 2.12. The van der Waals surface area contributed by atoms with E-state index in [0.717, 1.165) is 11.1 Å². The zero-order valence-electron chi connectivity index (χ0n) is 13.1. The molecule has 0 aliphatic rings. The van der Waals surface area contributed by atoms with Gasteiger partial charge in [0.25, 0.3) is 0 Å². The molecule has 0 aliphatic heterocycles. The van der Waals surface area contributed by atoms with Crippen molar-refractivity contribution in [3.8, 4) is 5.75 Å². The SMILES string of the molecule is NCC(=O)N[C@@H](Cc1ccc(O)cc1)C(=O)OCc1ccccc1. The zero-order chi connectivity index (χ0) is 17.4. The monoisotopic (exact) mass is 328 g/mol. The van der Waals surface area contributed by atoms with Crippen molar-refractivity contribution < 1.29 is 19.4 Å². The standard InChI is InChI=1S/C18H20N2O4/c19-11-17(22)20-16(10-13-6-8-15(21)9-7-13)18(23)24-12-14-4-2-1-3-5-14/h1-9,16,21H,10-12,19H2,(H,20,22)/t16-/m0/s1. The lowest BCUT2D eigenvalue weighted by Gasteiger charge is -2.17. The fourth-order valence-corrected chi connectivity index (χ4v) is 2.14. The van der Waals surface area contributed by atoms with E-state index < -0.39 is 17.9 Å². The molecule has 2 aromatic rings. The predicted octanol–water partition coefficient (Wildman–Crippen LogP) is 1.12. The molecule has 126 valence electrons. The molecule has 0 heterocycles. The van der Waals surface area contributed by atoms with Gasteiger partial charge in [0, 0.05) is 6.42 Å². The molecule has 0 aromatic heterocycles. The second kappa shape index (κ2) is 8.69. The molecule has 0 spiro atoms. The van der Waals surface area contributed by atoms with Crippen molar-refractivity contribution in [1.82, 2.24) is 5.32 Å². The van der Waals surface area contributed by atoms with Crippen LogP contribution < -0.4 is 11.1 Å². The Balaban J connectivity index is 2.02. The number of rotatable bonds is 7. The Hall–Kier alpha value is -2.86. The Morgan fingerprint density at radius 1 is 1.04 bits per heavy atom. The molecule has 0 unspecified atom stereocenters. The first kappa shape index (κ1) is 17.5. The van der Waals surface area contributed by atoms with Crippen LogP contribution in [0.2, 0.25) is 0 Å². The highest BCUT2D eigenvalue weighted by Gasteiger charge is 2.22. The van der Waals surface area contributed by atoms with E-state index in [4.69, 9.17) is 10.5 Å². The Bertz CT molecular complexity index is 671. The number of amides is 1. The van der Waals surface area contributed by atoms with Crippen LogP contribution in [-0.4, -0.2) is 29.6 Å². The van der Waals surface area contributed by atoms with E-state index in [-0.39, 0.29) is 25.3 Å². The molecule has 0 bridgehead atoms. The van der Waals surface area contributed by atoms with Crippen molar-refractivity contribution in [3.63, 3.8) is 0 Å². The number of ether oxygens (including phenoxy) is 1. The molecular weight excluding hydrogens is 308 g/mol. The molecule has 0 fully saturated rings. The number of esters is 1. The minimum Gasteiger partial charge on any atom is -0.508 e. The third-order valence-corrected chi connectivity index (χ3v) is 3.41. The van der Waals surface area contributed by atoms with Crippen molar-refractivity contribution in [3.05, 3.63) is 65.7 Å². The van der Waals surface area contributed by atoms with Gasteiger partial charge in [-0.1, -0.05) is 42.5 Å². The fraction of sp³-hybridized carbons (Fsp3) is 0.222. The van der Waals surface area contributed by atoms with Gasteiger partial charge in [-0.3, -0.25) is 4.79 Å². The molecule has 0 radical (unpaired) electrons. The average molecular weight is 328 g/mol. The summed E-state index contributed by atoms with van der Waals surface area (Å²) >= 11 is 0. The lowest BCUT2D eigenvalue weighted by atomic mass is 10.1. The highest BCUT2D eigenvalue weighted by molar-refractivity contribution is 5.85. The Kier molecular flexibility index (Phi) is 6.33.